The Morgan fingerprint density at radius 3 is 2.52 bits per heavy atom. The fraction of sp³-hybridized carbons (Fsp3) is 0.444. The van der Waals surface area contributed by atoms with Crippen LogP contribution in [0.5, 0.6) is 5.75 Å². The van der Waals surface area contributed by atoms with Crippen molar-refractivity contribution >= 4 is 5.88 Å². The minimum absolute atomic E-state index is 0.228. The fourth-order valence-electron chi connectivity index (χ4n) is 2.96. The van der Waals surface area contributed by atoms with E-state index in [-0.39, 0.29) is 6.61 Å². The van der Waals surface area contributed by atoms with Crippen LogP contribution in [-0.4, -0.2) is 18.1 Å². The summed E-state index contributed by atoms with van der Waals surface area (Å²) in [5.74, 6) is 1.83. The Morgan fingerprint density at radius 2 is 1.87 bits per heavy atom. The standard InChI is InChI=1S/C18H21N3O2/c1-13-8-14(2)10-15(9-13)22-12-17-20-16(11-19)18(23-17)21-6-4-3-5-7-21/h8-10H,3-7,12H2,1-2H3. The molecule has 5 heteroatoms. The highest BCUT2D eigenvalue weighted by molar-refractivity contribution is 5.48. The smallest absolute Gasteiger partial charge is 0.236 e. The largest absolute Gasteiger partial charge is 0.484 e. The molecule has 1 aliphatic heterocycles. The van der Waals surface area contributed by atoms with Crippen LogP contribution < -0.4 is 9.64 Å². The second-order valence-electron chi connectivity index (χ2n) is 6.03. The van der Waals surface area contributed by atoms with Crippen LogP contribution in [0.4, 0.5) is 5.88 Å². The van der Waals surface area contributed by atoms with Crippen LogP contribution >= 0.6 is 0 Å². The molecule has 0 saturated carbocycles. The molecule has 3 rings (SSSR count). The number of ether oxygens (including phenoxy) is 1. The Bertz CT molecular complexity index is 704. The van der Waals surface area contributed by atoms with Gasteiger partial charge in [-0.25, -0.2) is 0 Å². The number of benzene rings is 1. The molecule has 0 unspecified atom stereocenters. The predicted octanol–water partition coefficient (Wildman–Crippen LogP) is 3.73. The summed E-state index contributed by atoms with van der Waals surface area (Å²) in [6.45, 7) is 6.13. The monoisotopic (exact) mass is 311 g/mol. The summed E-state index contributed by atoms with van der Waals surface area (Å²) in [7, 11) is 0. The van der Waals surface area contributed by atoms with Gasteiger partial charge in [-0.3, -0.25) is 0 Å². The van der Waals surface area contributed by atoms with Gasteiger partial charge in [-0.05, 0) is 56.4 Å². The molecule has 0 bridgehead atoms. The topological polar surface area (TPSA) is 62.3 Å². The molecule has 0 N–H and O–H groups in total. The second-order valence-corrected chi connectivity index (χ2v) is 6.03. The van der Waals surface area contributed by atoms with Gasteiger partial charge >= 0.3 is 0 Å². The summed E-state index contributed by atoms with van der Waals surface area (Å²) in [6, 6.07) is 8.18. The van der Waals surface area contributed by atoms with Crippen LogP contribution in [-0.2, 0) is 6.61 Å². The lowest BCUT2D eigenvalue weighted by Gasteiger charge is -2.25. The first kappa shape index (κ1) is 15.4. The molecule has 0 spiro atoms. The first-order valence-corrected chi connectivity index (χ1v) is 8.01. The number of nitriles is 1. The number of oxazole rings is 1. The van der Waals surface area contributed by atoms with Gasteiger partial charge < -0.3 is 14.1 Å². The lowest BCUT2D eigenvalue weighted by Crippen LogP contribution is -2.29. The summed E-state index contributed by atoms with van der Waals surface area (Å²) >= 11 is 0. The van der Waals surface area contributed by atoms with Crippen molar-refractivity contribution in [1.82, 2.24) is 4.98 Å². The molecule has 120 valence electrons. The van der Waals surface area contributed by atoms with Crippen molar-refractivity contribution in [1.29, 1.82) is 5.26 Å². The van der Waals surface area contributed by atoms with E-state index in [0.717, 1.165) is 42.8 Å². The first-order chi connectivity index (χ1) is 11.2. The van der Waals surface area contributed by atoms with Gasteiger partial charge in [0.1, 0.15) is 11.8 Å². The molecule has 1 aliphatic rings. The van der Waals surface area contributed by atoms with E-state index in [1.807, 2.05) is 26.0 Å². The van der Waals surface area contributed by atoms with Crippen LogP contribution in [0.1, 0.15) is 42.0 Å². The number of piperidine rings is 1. The quantitative estimate of drug-likeness (QED) is 0.861. The average molecular weight is 311 g/mol. The van der Waals surface area contributed by atoms with Gasteiger partial charge in [-0.2, -0.15) is 10.2 Å². The normalized spacial score (nSPS) is 14.6. The highest BCUT2D eigenvalue weighted by Gasteiger charge is 2.21. The summed E-state index contributed by atoms with van der Waals surface area (Å²) in [6.07, 6.45) is 3.48. The van der Waals surface area contributed by atoms with Crippen molar-refractivity contribution in [3.05, 3.63) is 40.9 Å². The van der Waals surface area contributed by atoms with Crippen molar-refractivity contribution < 1.29 is 9.15 Å². The van der Waals surface area contributed by atoms with Gasteiger partial charge in [0.25, 0.3) is 0 Å². The van der Waals surface area contributed by atoms with Gasteiger partial charge in [0, 0.05) is 13.1 Å². The maximum atomic E-state index is 9.28. The third-order valence-corrected chi connectivity index (χ3v) is 3.96. The summed E-state index contributed by atoms with van der Waals surface area (Å²) in [5.41, 5.74) is 2.66. The van der Waals surface area contributed by atoms with Crippen LogP contribution in [0.15, 0.2) is 22.6 Å². The van der Waals surface area contributed by atoms with Crippen LogP contribution in [0.25, 0.3) is 0 Å². The van der Waals surface area contributed by atoms with E-state index in [2.05, 4.69) is 22.0 Å². The Balaban J connectivity index is 1.73. The SMILES string of the molecule is Cc1cc(C)cc(OCc2nc(C#N)c(N3CCCCC3)o2)c1. The average Bonchev–Trinajstić information content (AvgIpc) is 2.96. The Kier molecular flexibility index (Phi) is 4.52. The Morgan fingerprint density at radius 1 is 1.17 bits per heavy atom. The van der Waals surface area contributed by atoms with Crippen molar-refractivity contribution in [2.45, 2.75) is 39.7 Å². The molecule has 1 aromatic heterocycles. The van der Waals surface area contributed by atoms with Crippen LogP contribution in [0, 0.1) is 25.2 Å². The molecule has 0 radical (unpaired) electrons. The summed E-state index contributed by atoms with van der Waals surface area (Å²) < 4.78 is 11.6. The zero-order valence-corrected chi connectivity index (χ0v) is 13.6. The highest BCUT2D eigenvalue weighted by atomic mass is 16.5. The molecule has 0 aliphatic carbocycles. The molecule has 23 heavy (non-hydrogen) atoms. The number of aryl methyl sites for hydroxylation is 2. The molecule has 5 nitrogen and oxygen atoms in total. The maximum Gasteiger partial charge on any atom is 0.236 e. The van der Waals surface area contributed by atoms with E-state index < -0.39 is 0 Å². The maximum absolute atomic E-state index is 9.28. The van der Waals surface area contributed by atoms with Gasteiger partial charge in [-0.15, -0.1) is 0 Å². The second kappa shape index (κ2) is 6.74. The molecule has 0 amide bonds. The van der Waals surface area contributed by atoms with Crippen LogP contribution in [0.3, 0.4) is 0 Å². The van der Waals surface area contributed by atoms with E-state index in [4.69, 9.17) is 9.15 Å². The van der Waals surface area contributed by atoms with Gasteiger partial charge in [0.15, 0.2) is 6.61 Å². The molecule has 2 aromatic rings. The molecule has 2 heterocycles. The van der Waals surface area contributed by atoms with Crippen LogP contribution in [0.2, 0.25) is 0 Å². The Hall–Kier alpha value is -2.48. The lowest BCUT2D eigenvalue weighted by molar-refractivity contribution is 0.263. The van der Waals surface area contributed by atoms with Crippen molar-refractivity contribution in [3.63, 3.8) is 0 Å². The summed E-state index contributed by atoms with van der Waals surface area (Å²) in [4.78, 5) is 6.38. The van der Waals surface area contributed by atoms with Gasteiger partial charge in [0.05, 0.1) is 0 Å². The van der Waals surface area contributed by atoms with Crippen molar-refractivity contribution in [2.24, 2.45) is 0 Å². The van der Waals surface area contributed by atoms with Gasteiger partial charge in [0.2, 0.25) is 17.5 Å². The molecular formula is C18H21N3O2. The fourth-order valence-corrected chi connectivity index (χ4v) is 2.96. The molecule has 1 aromatic carbocycles. The van der Waals surface area contributed by atoms with E-state index >= 15 is 0 Å². The van der Waals surface area contributed by atoms with Gasteiger partial charge in [-0.1, -0.05) is 6.07 Å². The lowest BCUT2D eigenvalue weighted by atomic mass is 10.1. The summed E-state index contributed by atoms with van der Waals surface area (Å²) in [5, 5.41) is 9.28. The van der Waals surface area contributed by atoms with E-state index in [0.29, 0.717) is 17.5 Å². The zero-order chi connectivity index (χ0) is 16.2. The number of rotatable bonds is 4. The Labute approximate surface area is 136 Å². The third kappa shape index (κ3) is 3.65. The molecule has 0 atom stereocenters. The van der Waals surface area contributed by atoms with E-state index in [1.54, 1.807) is 0 Å². The molecule has 1 fully saturated rings. The molecule has 1 saturated heterocycles. The van der Waals surface area contributed by atoms with Crippen molar-refractivity contribution in [3.8, 4) is 11.8 Å². The minimum atomic E-state index is 0.228. The van der Waals surface area contributed by atoms with E-state index in [9.17, 15) is 5.26 Å². The number of hydrogen-bond donors (Lipinski definition) is 0. The highest BCUT2D eigenvalue weighted by Crippen LogP contribution is 2.26. The number of aromatic nitrogens is 1. The number of hydrogen-bond acceptors (Lipinski definition) is 5. The zero-order valence-electron chi connectivity index (χ0n) is 13.6. The third-order valence-electron chi connectivity index (χ3n) is 3.96. The van der Waals surface area contributed by atoms with E-state index in [1.165, 1.54) is 6.42 Å². The predicted molar refractivity (Wildman–Crippen MR) is 87.5 cm³/mol. The number of nitrogens with zero attached hydrogens (tertiary/aromatic N) is 3. The number of anilines is 1. The molecular weight excluding hydrogens is 290 g/mol. The first-order valence-electron chi connectivity index (χ1n) is 8.01. The minimum Gasteiger partial charge on any atom is -0.484 e. The van der Waals surface area contributed by atoms with Crippen molar-refractivity contribution in [2.75, 3.05) is 18.0 Å².